The van der Waals surface area contributed by atoms with E-state index in [0.717, 1.165) is 70.0 Å². The summed E-state index contributed by atoms with van der Waals surface area (Å²) in [6.07, 6.45) is 7.09. The van der Waals surface area contributed by atoms with Crippen molar-refractivity contribution in [3.8, 4) is 0 Å². The van der Waals surface area contributed by atoms with Crippen molar-refractivity contribution >= 4 is 35.1 Å². The first-order valence-electron chi connectivity index (χ1n) is 16.5. The summed E-state index contributed by atoms with van der Waals surface area (Å²) in [4.78, 5) is 25.8. The Bertz CT molecular complexity index is 1510. The minimum absolute atomic E-state index is 0.00619. The van der Waals surface area contributed by atoms with Crippen LogP contribution in [0.5, 0.6) is 0 Å². The Labute approximate surface area is 275 Å². The van der Waals surface area contributed by atoms with Crippen LogP contribution in [0.15, 0.2) is 77.7 Å². The fourth-order valence-electron chi connectivity index (χ4n) is 8.48. The highest BCUT2D eigenvalue weighted by Gasteiger charge is 2.51. The van der Waals surface area contributed by atoms with E-state index in [9.17, 15) is 14.7 Å². The summed E-state index contributed by atoms with van der Waals surface area (Å²) >= 11 is 1.70. The second-order valence-corrected chi connectivity index (χ2v) is 14.9. The molecule has 1 aliphatic heterocycles. The van der Waals surface area contributed by atoms with Crippen molar-refractivity contribution in [3.63, 3.8) is 0 Å². The fraction of sp³-hybridized carbons (Fsp3) is 0.459. The van der Waals surface area contributed by atoms with Gasteiger partial charge in [-0.1, -0.05) is 36.4 Å². The molecular weight excluding hydrogens is 598 g/mol. The van der Waals surface area contributed by atoms with E-state index in [0.29, 0.717) is 12.1 Å². The van der Waals surface area contributed by atoms with Crippen LogP contribution in [0.1, 0.15) is 81.0 Å². The number of carbonyl (C=O) groups is 2. The predicted molar refractivity (Wildman–Crippen MR) is 179 cm³/mol. The number of amides is 3. The molecule has 1 heterocycles. The van der Waals surface area contributed by atoms with Crippen LogP contribution in [-0.2, 0) is 20.9 Å². The monoisotopic (exact) mass is 641 g/mol. The Hall–Kier alpha value is -3.37. The Morgan fingerprint density at radius 3 is 2.17 bits per heavy atom. The molecule has 4 bridgehead atoms. The van der Waals surface area contributed by atoms with Crippen molar-refractivity contribution in [2.24, 2.45) is 17.8 Å². The lowest BCUT2D eigenvalue weighted by atomic mass is 9.53. The molecule has 242 valence electrons. The lowest BCUT2D eigenvalue weighted by Crippen LogP contribution is -2.60. The number of aliphatic hydroxyl groups excluding tert-OH is 1. The number of nitrogens with one attached hydrogen (secondary N) is 3. The van der Waals surface area contributed by atoms with Crippen LogP contribution in [0.4, 0.5) is 16.2 Å². The molecule has 8 nitrogen and oxygen atoms in total. The lowest BCUT2D eigenvalue weighted by molar-refractivity contribution is -0.245. The molecule has 5 aliphatic rings. The van der Waals surface area contributed by atoms with Gasteiger partial charge in [0.25, 0.3) is 0 Å². The van der Waals surface area contributed by atoms with Gasteiger partial charge in [-0.15, -0.1) is 11.8 Å². The number of thioether (sulfide) groups is 1. The molecule has 3 atom stereocenters. The molecule has 3 unspecified atom stereocenters. The highest BCUT2D eigenvalue weighted by molar-refractivity contribution is 7.99. The van der Waals surface area contributed by atoms with E-state index in [4.69, 9.17) is 9.47 Å². The van der Waals surface area contributed by atoms with Crippen LogP contribution in [0.25, 0.3) is 0 Å². The Balaban J connectivity index is 1.04. The van der Waals surface area contributed by atoms with E-state index in [1.165, 1.54) is 26.2 Å². The van der Waals surface area contributed by atoms with E-state index in [2.05, 4.69) is 16.0 Å². The SMILES string of the molecule is CC(=O)Nc1ccc(SCC2CC(c3ccc(CO)cc3)OC(c3cccc(NC(=O)NC45CC6CC(CC(C6)C4)C5)c3)O2)cc1. The van der Waals surface area contributed by atoms with Crippen LogP contribution < -0.4 is 16.0 Å². The first-order valence-corrected chi connectivity index (χ1v) is 17.5. The van der Waals surface area contributed by atoms with Crippen molar-refractivity contribution in [2.75, 3.05) is 16.4 Å². The van der Waals surface area contributed by atoms with Crippen molar-refractivity contribution in [3.05, 3.63) is 89.5 Å². The van der Waals surface area contributed by atoms with Crippen molar-refractivity contribution in [1.82, 2.24) is 5.32 Å². The van der Waals surface area contributed by atoms with Crippen molar-refractivity contribution in [2.45, 2.75) is 87.4 Å². The zero-order valence-corrected chi connectivity index (χ0v) is 27.1. The van der Waals surface area contributed by atoms with E-state index in [-0.39, 0.29) is 36.3 Å². The van der Waals surface area contributed by atoms with Crippen LogP contribution in [0.2, 0.25) is 0 Å². The Kier molecular flexibility index (Phi) is 9.10. The summed E-state index contributed by atoms with van der Waals surface area (Å²) in [6.45, 7) is 1.49. The topological polar surface area (TPSA) is 109 Å². The summed E-state index contributed by atoms with van der Waals surface area (Å²) in [5.74, 6) is 2.91. The molecule has 5 fully saturated rings. The third-order valence-electron chi connectivity index (χ3n) is 10.1. The molecule has 0 aromatic heterocycles. The maximum atomic E-state index is 13.3. The number of urea groups is 1. The molecule has 4 saturated carbocycles. The predicted octanol–water partition coefficient (Wildman–Crippen LogP) is 7.57. The number of carbonyl (C=O) groups excluding carboxylic acids is 2. The van der Waals surface area contributed by atoms with Crippen LogP contribution in [0.3, 0.4) is 0 Å². The third kappa shape index (κ3) is 7.28. The number of aliphatic hydroxyl groups is 1. The van der Waals surface area contributed by atoms with Gasteiger partial charge in [-0.2, -0.15) is 0 Å². The smallest absolute Gasteiger partial charge is 0.319 e. The summed E-state index contributed by atoms with van der Waals surface area (Å²) in [6, 6.07) is 23.3. The molecule has 1 saturated heterocycles. The highest BCUT2D eigenvalue weighted by atomic mass is 32.2. The summed E-state index contributed by atoms with van der Waals surface area (Å²) in [5, 5.41) is 18.9. The van der Waals surface area contributed by atoms with E-state index in [1.807, 2.05) is 72.8 Å². The first-order chi connectivity index (χ1) is 22.3. The molecule has 9 heteroatoms. The van der Waals surface area contributed by atoms with Gasteiger partial charge in [0, 0.05) is 46.5 Å². The number of hydrogen-bond donors (Lipinski definition) is 4. The van der Waals surface area contributed by atoms with Crippen LogP contribution in [0, 0.1) is 17.8 Å². The average Bonchev–Trinajstić information content (AvgIpc) is 3.03. The van der Waals surface area contributed by atoms with Crippen molar-refractivity contribution < 1.29 is 24.2 Å². The molecule has 0 spiro atoms. The minimum atomic E-state index is -0.614. The second kappa shape index (κ2) is 13.4. The summed E-state index contributed by atoms with van der Waals surface area (Å²) in [5.41, 5.74) is 4.16. The second-order valence-electron chi connectivity index (χ2n) is 13.8. The fourth-order valence-corrected chi connectivity index (χ4v) is 9.40. The molecule has 0 radical (unpaired) electrons. The van der Waals surface area contributed by atoms with Gasteiger partial charge in [0.05, 0.1) is 18.8 Å². The van der Waals surface area contributed by atoms with Gasteiger partial charge in [0.15, 0.2) is 6.29 Å². The van der Waals surface area contributed by atoms with Gasteiger partial charge in [-0.05, 0) is 104 Å². The van der Waals surface area contributed by atoms with Gasteiger partial charge >= 0.3 is 6.03 Å². The number of benzene rings is 3. The van der Waals surface area contributed by atoms with Gasteiger partial charge in [0.1, 0.15) is 0 Å². The van der Waals surface area contributed by atoms with E-state index < -0.39 is 6.29 Å². The normalized spacial score (nSPS) is 29.7. The van der Waals surface area contributed by atoms with E-state index >= 15 is 0 Å². The Morgan fingerprint density at radius 1 is 0.826 bits per heavy atom. The number of ether oxygens (including phenoxy) is 2. The molecule has 4 aliphatic carbocycles. The molecule has 3 aromatic carbocycles. The zero-order valence-electron chi connectivity index (χ0n) is 26.2. The van der Waals surface area contributed by atoms with Crippen LogP contribution in [-0.4, -0.2) is 34.4 Å². The standard InChI is InChI=1S/C37H43N3O5S/c1-23(42)38-30-9-11-33(12-10-30)46-22-32-17-34(28-7-5-24(21-41)6-8-28)45-35(44-32)29-3-2-4-31(16-29)39-36(43)40-37-18-25-13-26(19-37)15-27(14-25)20-37/h2-12,16,25-27,32,34-35,41H,13-15,17-22H2,1H3,(H,38,42)(H2,39,40,43). The maximum Gasteiger partial charge on any atom is 0.319 e. The van der Waals surface area contributed by atoms with Gasteiger partial charge in [0.2, 0.25) is 5.91 Å². The first kappa shape index (κ1) is 31.2. The van der Waals surface area contributed by atoms with Crippen LogP contribution >= 0.6 is 11.8 Å². The zero-order chi connectivity index (χ0) is 31.7. The molecular formula is C37H43N3O5S. The van der Waals surface area contributed by atoms with Gasteiger partial charge < -0.3 is 30.5 Å². The van der Waals surface area contributed by atoms with Crippen molar-refractivity contribution in [1.29, 1.82) is 0 Å². The minimum Gasteiger partial charge on any atom is -0.392 e. The number of rotatable bonds is 9. The molecule has 4 N–H and O–H groups in total. The quantitative estimate of drug-likeness (QED) is 0.180. The van der Waals surface area contributed by atoms with E-state index in [1.54, 1.807) is 11.8 Å². The third-order valence-corrected chi connectivity index (χ3v) is 11.2. The molecule has 46 heavy (non-hydrogen) atoms. The Morgan fingerprint density at radius 2 is 1.52 bits per heavy atom. The summed E-state index contributed by atoms with van der Waals surface area (Å²) in [7, 11) is 0. The molecule has 8 rings (SSSR count). The lowest BCUT2D eigenvalue weighted by Gasteiger charge is -2.56. The number of anilines is 2. The maximum absolute atomic E-state index is 13.3. The van der Waals surface area contributed by atoms with Gasteiger partial charge in [-0.25, -0.2) is 4.79 Å². The molecule has 3 aromatic rings. The average molecular weight is 642 g/mol. The molecule has 3 amide bonds. The highest BCUT2D eigenvalue weighted by Crippen LogP contribution is 2.55. The van der Waals surface area contributed by atoms with Gasteiger partial charge in [-0.3, -0.25) is 4.79 Å². The number of hydrogen-bond acceptors (Lipinski definition) is 6. The largest absolute Gasteiger partial charge is 0.392 e. The summed E-state index contributed by atoms with van der Waals surface area (Å²) < 4.78 is 13.1.